The maximum absolute atomic E-state index is 5.74. The van der Waals surface area contributed by atoms with Gasteiger partial charge >= 0.3 is 0 Å². The van der Waals surface area contributed by atoms with E-state index in [1.54, 1.807) is 0 Å². The fraction of sp³-hybridized carbons (Fsp3) is 0.818. The number of hydrogen-bond acceptors (Lipinski definition) is 4. The lowest BCUT2D eigenvalue weighted by Crippen LogP contribution is -2.19. The van der Waals surface area contributed by atoms with E-state index in [4.69, 9.17) is 4.42 Å². The monoisotopic (exact) mass is 207 g/mol. The summed E-state index contributed by atoms with van der Waals surface area (Å²) in [7, 11) is 0. The Kier molecular flexibility index (Phi) is 2.44. The first kappa shape index (κ1) is 9.33. The molecule has 0 bridgehead atoms. The first-order valence-corrected chi connectivity index (χ1v) is 5.97. The Morgan fingerprint density at radius 1 is 1.00 bits per heavy atom. The van der Waals surface area contributed by atoms with Gasteiger partial charge in [0.2, 0.25) is 11.8 Å². The summed E-state index contributed by atoms with van der Waals surface area (Å²) in [6.45, 7) is 2.12. The van der Waals surface area contributed by atoms with Crippen molar-refractivity contribution in [2.45, 2.75) is 43.9 Å². The summed E-state index contributed by atoms with van der Waals surface area (Å²) in [5.41, 5.74) is 0. The molecule has 82 valence electrons. The molecule has 1 aromatic rings. The van der Waals surface area contributed by atoms with Gasteiger partial charge in [-0.3, -0.25) is 0 Å². The molecule has 1 aliphatic heterocycles. The van der Waals surface area contributed by atoms with Crippen molar-refractivity contribution in [1.82, 2.24) is 15.5 Å². The van der Waals surface area contributed by atoms with Gasteiger partial charge in [-0.2, -0.15) is 0 Å². The minimum Gasteiger partial charge on any atom is -0.425 e. The largest absolute Gasteiger partial charge is 0.425 e. The van der Waals surface area contributed by atoms with Crippen molar-refractivity contribution >= 4 is 0 Å². The van der Waals surface area contributed by atoms with Gasteiger partial charge in [-0.15, -0.1) is 10.2 Å². The second-order valence-corrected chi connectivity index (χ2v) is 4.65. The van der Waals surface area contributed by atoms with E-state index in [-0.39, 0.29) is 0 Å². The highest BCUT2D eigenvalue weighted by Gasteiger charge is 2.30. The maximum Gasteiger partial charge on any atom is 0.220 e. The van der Waals surface area contributed by atoms with Crippen LogP contribution in [0.15, 0.2) is 4.42 Å². The van der Waals surface area contributed by atoms with Crippen molar-refractivity contribution in [3.8, 4) is 0 Å². The van der Waals surface area contributed by atoms with Gasteiger partial charge in [-0.05, 0) is 32.2 Å². The molecule has 1 saturated carbocycles. The predicted octanol–water partition coefficient (Wildman–Crippen LogP) is 1.80. The average Bonchev–Trinajstić information content (AvgIpc) is 3.04. The molecule has 1 N–H and O–H groups in total. The van der Waals surface area contributed by atoms with Crippen molar-refractivity contribution in [1.29, 1.82) is 0 Å². The number of aromatic nitrogens is 2. The van der Waals surface area contributed by atoms with Crippen LogP contribution in [0.2, 0.25) is 0 Å². The highest BCUT2D eigenvalue weighted by molar-refractivity contribution is 5.02. The van der Waals surface area contributed by atoms with Gasteiger partial charge in [0.25, 0.3) is 0 Å². The lowest BCUT2D eigenvalue weighted by molar-refractivity contribution is 0.402. The molecule has 1 atom stereocenters. The van der Waals surface area contributed by atoms with Crippen LogP contribution in [0.4, 0.5) is 0 Å². The Hall–Kier alpha value is -0.900. The third-order valence-corrected chi connectivity index (χ3v) is 3.28. The third kappa shape index (κ3) is 2.04. The average molecular weight is 207 g/mol. The third-order valence-electron chi connectivity index (χ3n) is 3.28. The van der Waals surface area contributed by atoms with E-state index in [9.17, 15) is 0 Å². The second-order valence-electron chi connectivity index (χ2n) is 4.65. The summed E-state index contributed by atoms with van der Waals surface area (Å²) in [5, 5.41) is 11.7. The van der Waals surface area contributed by atoms with E-state index in [0.29, 0.717) is 11.8 Å². The van der Waals surface area contributed by atoms with E-state index in [0.717, 1.165) is 24.9 Å². The van der Waals surface area contributed by atoms with Crippen molar-refractivity contribution in [2.75, 3.05) is 13.1 Å². The Balaban J connectivity index is 1.72. The SMILES string of the molecule is C1CCC(c2nnc(C3CC3)o2)CNC1. The molecule has 1 aliphatic carbocycles. The molecular weight excluding hydrogens is 190 g/mol. The van der Waals surface area contributed by atoms with Crippen LogP contribution in [0.25, 0.3) is 0 Å². The molecule has 0 spiro atoms. The normalized spacial score (nSPS) is 27.6. The molecule has 0 radical (unpaired) electrons. The van der Waals surface area contributed by atoms with Crippen LogP contribution in [0.3, 0.4) is 0 Å². The summed E-state index contributed by atoms with van der Waals surface area (Å²) in [6.07, 6.45) is 6.16. The molecule has 4 nitrogen and oxygen atoms in total. The number of nitrogens with zero attached hydrogens (tertiary/aromatic N) is 2. The minimum atomic E-state index is 0.437. The summed E-state index contributed by atoms with van der Waals surface area (Å²) in [4.78, 5) is 0. The Bertz CT molecular complexity index is 324. The Morgan fingerprint density at radius 2 is 1.80 bits per heavy atom. The zero-order valence-electron chi connectivity index (χ0n) is 8.91. The van der Waals surface area contributed by atoms with E-state index in [1.165, 1.54) is 32.1 Å². The molecule has 2 fully saturated rings. The molecular formula is C11H17N3O. The maximum atomic E-state index is 5.74. The van der Waals surface area contributed by atoms with Crippen LogP contribution in [0, 0.1) is 0 Å². The number of hydrogen-bond donors (Lipinski definition) is 1. The first-order valence-electron chi connectivity index (χ1n) is 5.97. The lowest BCUT2D eigenvalue weighted by atomic mass is 10.0. The number of rotatable bonds is 2. The highest BCUT2D eigenvalue weighted by atomic mass is 16.4. The van der Waals surface area contributed by atoms with Crippen molar-refractivity contribution in [3.63, 3.8) is 0 Å². The van der Waals surface area contributed by atoms with Crippen molar-refractivity contribution < 1.29 is 4.42 Å². The van der Waals surface area contributed by atoms with E-state index >= 15 is 0 Å². The summed E-state index contributed by atoms with van der Waals surface area (Å²) < 4.78 is 5.74. The summed E-state index contributed by atoms with van der Waals surface area (Å²) in [5.74, 6) is 2.73. The summed E-state index contributed by atoms with van der Waals surface area (Å²) >= 11 is 0. The van der Waals surface area contributed by atoms with Crippen molar-refractivity contribution in [2.24, 2.45) is 0 Å². The zero-order chi connectivity index (χ0) is 10.1. The highest BCUT2D eigenvalue weighted by Crippen LogP contribution is 2.39. The van der Waals surface area contributed by atoms with Gasteiger partial charge in [0, 0.05) is 18.4 Å². The molecule has 0 amide bonds. The van der Waals surface area contributed by atoms with Crippen LogP contribution < -0.4 is 5.32 Å². The van der Waals surface area contributed by atoms with Crippen LogP contribution in [-0.4, -0.2) is 23.3 Å². The van der Waals surface area contributed by atoms with Crippen LogP contribution >= 0.6 is 0 Å². The van der Waals surface area contributed by atoms with Crippen LogP contribution in [-0.2, 0) is 0 Å². The lowest BCUT2D eigenvalue weighted by Gasteiger charge is -2.08. The first-order chi connectivity index (χ1) is 7.43. The molecule has 15 heavy (non-hydrogen) atoms. The second kappa shape index (κ2) is 3.93. The van der Waals surface area contributed by atoms with Gasteiger partial charge in [-0.1, -0.05) is 6.42 Å². The van der Waals surface area contributed by atoms with E-state index in [1.807, 2.05) is 0 Å². The quantitative estimate of drug-likeness (QED) is 0.803. The fourth-order valence-electron chi connectivity index (χ4n) is 2.14. The van der Waals surface area contributed by atoms with Gasteiger partial charge in [0.15, 0.2) is 0 Å². The van der Waals surface area contributed by atoms with Crippen LogP contribution in [0.1, 0.15) is 55.7 Å². The molecule has 2 aliphatic rings. The molecule has 0 aromatic carbocycles. The molecule has 3 rings (SSSR count). The topological polar surface area (TPSA) is 51.0 Å². The smallest absolute Gasteiger partial charge is 0.220 e. The van der Waals surface area contributed by atoms with E-state index in [2.05, 4.69) is 15.5 Å². The molecule has 4 heteroatoms. The molecule has 1 aromatic heterocycles. The molecule has 1 unspecified atom stereocenters. The molecule has 1 saturated heterocycles. The van der Waals surface area contributed by atoms with Crippen LogP contribution in [0.5, 0.6) is 0 Å². The van der Waals surface area contributed by atoms with Crippen molar-refractivity contribution in [3.05, 3.63) is 11.8 Å². The van der Waals surface area contributed by atoms with Gasteiger partial charge in [-0.25, -0.2) is 0 Å². The van der Waals surface area contributed by atoms with Gasteiger partial charge in [0.1, 0.15) is 0 Å². The van der Waals surface area contributed by atoms with Gasteiger partial charge in [0.05, 0.1) is 0 Å². The Labute approximate surface area is 89.5 Å². The van der Waals surface area contributed by atoms with E-state index < -0.39 is 0 Å². The standard InChI is InChI=1S/C11H17N3O/c1-2-6-12-7-9(3-1)11-14-13-10(15-11)8-4-5-8/h8-9,12H,1-7H2. The number of nitrogens with one attached hydrogen (secondary N) is 1. The zero-order valence-corrected chi connectivity index (χ0v) is 8.91. The molecule has 2 heterocycles. The van der Waals surface area contributed by atoms with Gasteiger partial charge < -0.3 is 9.73 Å². The minimum absolute atomic E-state index is 0.437. The predicted molar refractivity (Wildman–Crippen MR) is 55.7 cm³/mol. The summed E-state index contributed by atoms with van der Waals surface area (Å²) in [6, 6.07) is 0. The Morgan fingerprint density at radius 3 is 2.60 bits per heavy atom. The fourth-order valence-corrected chi connectivity index (χ4v) is 2.14.